The molecule has 168 valence electrons. The van der Waals surface area contributed by atoms with E-state index in [2.05, 4.69) is 39.5 Å². The molecule has 1 rings (SSSR count). The summed E-state index contributed by atoms with van der Waals surface area (Å²) in [5, 5.41) is 0. The quantitative estimate of drug-likeness (QED) is 0.264. The summed E-state index contributed by atoms with van der Waals surface area (Å²) in [6.45, 7) is 13.0. The number of rotatable bonds is 16. The Morgan fingerprint density at radius 2 is 1.52 bits per heavy atom. The Morgan fingerprint density at radius 3 is 2.10 bits per heavy atom. The summed E-state index contributed by atoms with van der Waals surface area (Å²) >= 11 is 0. The first-order chi connectivity index (χ1) is 13.9. The van der Waals surface area contributed by atoms with E-state index < -0.39 is 11.6 Å². The Bertz CT molecular complexity index is 546. The van der Waals surface area contributed by atoms with Crippen LogP contribution in [0, 0.1) is 29.4 Å². The fraction of sp³-hybridized carbons (Fsp3) is 0.769. The van der Waals surface area contributed by atoms with E-state index in [0.717, 1.165) is 31.5 Å². The van der Waals surface area contributed by atoms with Crippen molar-refractivity contribution in [3.63, 3.8) is 0 Å². The maximum absolute atomic E-state index is 14.5. The first-order valence-electron chi connectivity index (χ1n) is 12.1. The molecule has 0 aliphatic rings. The highest BCUT2D eigenvalue weighted by molar-refractivity contribution is 5.47. The second-order valence-corrected chi connectivity index (χ2v) is 8.99. The first kappa shape index (κ1) is 25.9. The molecule has 1 aromatic rings. The number of hydrogen-bond acceptors (Lipinski definition) is 1. The van der Waals surface area contributed by atoms with Gasteiger partial charge in [-0.05, 0) is 42.7 Å². The van der Waals surface area contributed by atoms with Gasteiger partial charge in [-0.15, -0.1) is 0 Å². The van der Waals surface area contributed by atoms with Gasteiger partial charge in [0.2, 0.25) is 0 Å². The molecule has 1 nitrogen and oxygen atoms in total. The van der Waals surface area contributed by atoms with Gasteiger partial charge in [0.05, 0.1) is 5.69 Å². The molecule has 3 unspecified atom stereocenters. The van der Waals surface area contributed by atoms with Gasteiger partial charge in [-0.2, -0.15) is 0 Å². The number of anilines is 1. The molecule has 0 heterocycles. The van der Waals surface area contributed by atoms with Gasteiger partial charge in [0.15, 0.2) is 0 Å². The molecule has 1 aromatic carbocycles. The molecule has 0 bridgehead atoms. The summed E-state index contributed by atoms with van der Waals surface area (Å²) in [5.41, 5.74) is 0.559. The van der Waals surface area contributed by atoms with E-state index in [-0.39, 0.29) is 0 Å². The Kier molecular flexibility index (Phi) is 13.2. The highest BCUT2D eigenvalue weighted by Gasteiger charge is 2.18. The maximum atomic E-state index is 14.5. The Labute approximate surface area is 179 Å². The fourth-order valence-corrected chi connectivity index (χ4v) is 4.38. The van der Waals surface area contributed by atoms with Crippen LogP contribution in [0.4, 0.5) is 14.5 Å². The highest BCUT2D eigenvalue weighted by Crippen LogP contribution is 2.26. The van der Waals surface area contributed by atoms with Crippen LogP contribution in [0.15, 0.2) is 18.2 Å². The third-order valence-electron chi connectivity index (χ3n) is 6.48. The number of hydrogen-bond donors (Lipinski definition) is 0. The van der Waals surface area contributed by atoms with Crippen molar-refractivity contribution in [3.05, 3.63) is 29.8 Å². The smallest absolute Gasteiger partial charge is 0.149 e. The third-order valence-corrected chi connectivity index (χ3v) is 6.48. The van der Waals surface area contributed by atoms with Crippen LogP contribution in [0.3, 0.4) is 0 Å². The molecule has 3 atom stereocenters. The van der Waals surface area contributed by atoms with Gasteiger partial charge < -0.3 is 4.90 Å². The summed E-state index contributed by atoms with van der Waals surface area (Å²) in [5.74, 6) is 1.05. The van der Waals surface area contributed by atoms with Gasteiger partial charge in [-0.3, -0.25) is 0 Å². The lowest BCUT2D eigenvalue weighted by molar-refractivity contribution is 0.370. The topological polar surface area (TPSA) is 3.24 Å². The number of benzene rings is 1. The molecule has 0 amide bonds. The van der Waals surface area contributed by atoms with Crippen LogP contribution >= 0.6 is 0 Å². The highest BCUT2D eigenvalue weighted by atomic mass is 19.1. The van der Waals surface area contributed by atoms with Crippen molar-refractivity contribution in [3.8, 4) is 0 Å². The third kappa shape index (κ3) is 9.96. The molecule has 0 aliphatic heterocycles. The zero-order chi connectivity index (χ0) is 21.6. The monoisotopic (exact) mass is 409 g/mol. The van der Waals surface area contributed by atoms with Crippen molar-refractivity contribution in [2.45, 2.75) is 98.8 Å². The Balaban J connectivity index is 2.78. The summed E-state index contributed by atoms with van der Waals surface area (Å²) in [6.07, 6.45) is 12.2. The molecule has 0 saturated carbocycles. The van der Waals surface area contributed by atoms with Gasteiger partial charge in [-0.25, -0.2) is 8.78 Å². The number of unbranched alkanes of at least 4 members (excludes halogenated alkanes) is 1. The van der Waals surface area contributed by atoms with E-state index in [4.69, 9.17) is 0 Å². The minimum Gasteiger partial charge on any atom is -0.369 e. The van der Waals surface area contributed by atoms with E-state index in [1.165, 1.54) is 63.9 Å². The molecule has 0 saturated heterocycles. The van der Waals surface area contributed by atoms with Gasteiger partial charge in [0, 0.05) is 19.2 Å². The van der Waals surface area contributed by atoms with E-state index in [1.54, 1.807) is 6.07 Å². The van der Waals surface area contributed by atoms with Crippen molar-refractivity contribution in [1.29, 1.82) is 0 Å². The van der Waals surface area contributed by atoms with Crippen molar-refractivity contribution < 1.29 is 8.78 Å². The Hall–Kier alpha value is -1.12. The summed E-state index contributed by atoms with van der Waals surface area (Å²) in [4.78, 5) is 2.18. The van der Waals surface area contributed by atoms with Crippen molar-refractivity contribution in [1.82, 2.24) is 0 Å². The SMILES string of the molecule is CCCCC(CC)CCN(CC(C)CCC(CC)CCC)c1ccc(F)cc1F. The number of nitrogens with zero attached hydrogens (tertiary/aromatic N) is 1. The van der Waals surface area contributed by atoms with E-state index in [0.29, 0.717) is 17.5 Å². The minimum atomic E-state index is -0.501. The molecule has 29 heavy (non-hydrogen) atoms. The first-order valence-corrected chi connectivity index (χ1v) is 12.1. The molecule has 0 fully saturated rings. The van der Waals surface area contributed by atoms with E-state index in [1.807, 2.05) is 0 Å². The molecular formula is C26H45F2N. The average molecular weight is 410 g/mol. The van der Waals surface area contributed by atoms with Crippen LogP contribution in [0.1, 0.15) is 98.8 Å². The van der Waals surface area contributed by atoms with Crippen molar-refractivity contribution in [2.24, 2.45) is 17.8 Å². The maximum Gasteiger partial charge on any atom is 0.149 e. The zero-order valence-corrected chi connectivity index (χ0v) is 19.7. The summed E-state index contributed by atoms with van der Waals surface area (Å²) in [7, 11) is 0. The molecule has 0 aromatic heterocycles. The van der Waals surface area contributed by atoms with E-state index >= 15 is 0 Å². The zero-order valence-electron chi connectivity index (χ0n) is 19.7. The molecule has 0 spiro atoms. The van der Waals surface area contributed by atoms with Crippen LogP contribution in [0.2, 0.25) is 0 Å². The molecule has 3 heteroatoms. The fourth-order valence-electron chi connectivity index (χ4n) is 4.38. The van der Waals surface area contributed by atoms with Crippen LogP contribution in [0.5, 0.6) is 0 Å². The predicted octanol–water partition coefficient (Wildman–Crippen LogP) is 8.62. The van der Waals surface area contributed by atoms with Crippen LogP contribution in [0.25, 0.3) is 0 Å². The summed E-state index contributed by atoms with van der Waals surface area (Å²) < 4.78 is 28.0. The normalized spacial score (nSPS) is 14.6. The number of halogens is 2. The standard InChI is InChI=1S/C26H45F2N/c1-6-10-12-23(9-4)17-18-29(26-16-15-24(27)19-25(26)28)20-21(5)13-14-22(8-3)11-7-2/h15-16,19,21-23H,6-14,17-18,20H2,1-5H3. The molecule has 0 aliphatic carbocycles. The Morgan fingerprint density at radius 1 is 0.828 bits per heavy atom. The van der Waals surface area contributed by atoms with E-state index in [9.17, 15) is 8.78 Å². The van der Waals surface area contributed by atoms with Crippen LogP contribution in [-0.2, 0) is 0 Å². The largest absolute Gasteiger partial charge is 0.369 e. The van der Waals surface area contributed by atoms with Gasteiger partial charge in [0.25, 0.3) is 0 Å². The van der Waals surface area contributed by atoms with Crippen molar-refractivity contribution >= 4 is 5.69 Å². The predicted molar refractivity (Wildman–Crippen MR) is 124 cm³/mol. The van der Waals surface area contributed by atoms with Gasteiger partial charge in [-0.1, -0.05) is 86.0 Å². The average Bonchev–Trinajstić information content (AvgIpc) is 2.70. The van der Waals surface area contributed by atoms with Gasteiger partial charge >= 0.3 is 0 Å². The second-order valence-electron chi connectivity index (χ2n) is 8.99. The van der Waals surface area contributed by atoms with Crippen LogP contribution in [-0.4, -0.2) is 13.1 Å². The van der Waals surface area contributed by atoms with Crippen LogP contribution < -0.4 is 4.90 Å². The minimum absolute atomic E-state index is 0.434. The summed E-state index contributed by atoms with van der Waals surface area (Å²) in [6, 6.07) is 4.03. The van der Waals surface area contributed by atoms with Crippen molar-refractivity contribution in [2.75, 3.05) is 18.0 Å². The molecule has 0 radical (unpaired) electrons. The molecular weight excluding hydrogens is 364 g/mol. The van der Waals surface area contributed by atoms with Gasteiger partial charge in [0.1, 0.15) is 11.6 Å². The lowest BCUT2D eigenvalue weighted by Crippen LogP contribution is -2.31. The second kappa shape index (κ2) is 14.8. The lowest BCUT2D eigenvalue weighted by atomic mass is 9.91. The lowest BCUT2D eigenvalue weighted by Gasteiger charge is -2.30. The molecule has 0 N–H and O–H groups in total.